The Bertz CT molecular complexity index is 1080. The highest BCUT2D eigenvalue weighted by Crippen LogP contribution is 2.29. The molecule has 1 amide bonds. The number of halogens is 1. The number of nitrogens with one attached hydrogen (secondary N) is 1. The predicted molar refractivity (Wildman–Crippen MR) is 116 cm³/mol. The average Bonchev–Trinajstić information content (AvgIpc) is 3.16. The molecule has 2 aliphatic rings. The Labute approximate surface area is 180 Å². The average molecular weight is 425 g/mol. The second-order valence-electron chi connectivity index (χ2n) is 8.14. The van der Waals surface area contributed by atoms with Gasteiger partial charge in [0.25, 0.3) is 0 Å². The molecular weight excluding hydrogens is 400 g/mol. The number of aromatic nitrogens is 4. The summed E-state index contributed by atoms with van der Waals surface area (Å²) in [7, 11) is 0. The first-order valence-electron chi connectivity index (χ1n) is 10.7. The zero-order valence-corrected chi connectivity index (χ0v) is 17.6. The summed E-state index contributed by atoms with van der Waals surface area (Å²) in [5, 5.41) is 3.75. The number of hydrogen-bond acceptors (Lipinski definition) is 5. The number of fused-ring (bicyclic) bond motifs is 3. The Morgan fingerprint density at radius 2 is 2.13 bits per heavy atom. The van der Waals surface area contributed by atoms with Crippen molar-refractivity contribution >= 4 is 34.5 Å². The van der Waals surface area contributed by atoms with Gasteiger partial charge in [0.1, 0.15) is 12.2 Å². The van der Waals surface area contributed by atoms with Crippen molar-refractivity contribution in [2.75, 3.05) is 18.0 Å². The van der Waals surface area contributed by atoms with Gasteiger partial charge < -0.3 is 14.8 Å². The van der Waals surface area contributed by atoms with Gasteiger partial charge in [-0.15, -0.1) is 0 Å². The molecular formula is C22H25ClN6O. The van der Waals surface area contributed by atoms with E-state index in [2.05, 4.69) is 24.8 Å². The van der Waals surface area contributed by atoms with Crippen molar-refractivity contribution in [1.82, 2.24) is 24.8 Å². The molecule has 2 aliphatic heterocycles. The highest BCUT2D eigenvalue weighted by atomic mass is 35.5. The van der Waals surface area contributed by atoms with E-state index in [4.69, 9.17) is 16.6 Å². The van der Waals surface area contributed by atoms with Crippen LogP contribution in [0.4, 0.5) is 5.82 Å². The Kier molecular flexibility index (Phi) is 5.29. The molecule has 1 fully saturated rings. The van der Waals surface area contributed by atoms with E-state index in [0.717, 1.165) is 67.1 Å². The minimum Gasteiger partial charge on any atom is -0.354 e. The summed E-state index contributed by atoms with van der Waals surface area (Å²) in [6.07, 6.45) is 6.79. The van der Waals surface area contributed by atoms with E-state index in [1.807, 2.05) is 24.3 Å². The lowest BCUT2D eigenvalue weighted by molar-refractivity contribution is -0.125. The number of amides is 1. The van der Waals surface area contributed by atoms with Crippen LogP contribution in [-0.4, -0.2) is 38.5 Å². The second kappa shape index (κ2) is 8.22. The fourth-order valence-electron chi connectivity index (χ4n) is 4.54. The Morgan fingerprint density at radius 1 is 1.20 bits per heavy atom. The van der Waals surface area contributed by atoms with Crippen LogP contribution < -0.4 is 10.2 Å². The molecule has 0 saturated carbocycles. The third-order valence-electron chi connectivity index (χ3n) is 6.07. The van der Waals surface area contributed by atoms with Gasteiger partial charge in [-0.1, -0.05) is 23.7 Å². The minimum atomic E-state index is -0.0693. The lowest BCUT2D eigenvalue weighted by Crippen LogP contribution is -2.43. The zero-order chi connectivity index (χ0) is 20.5. The molecule has 4 heterocycles. The van der Waals surface area contributed by atoms with E-state index in [0.29, 0.717) is 18.1 Å². The lowest BCUT2D eigenvalue weighted by atomic mass is 9.97. The fraction of sp³-hybridized carbons (Fsp3) is 0.455. The quantitative estimate of drug-likeness (QED) is 0.695. The van der Waals surface area contributed by atoms with Crippen LogP contribution in [-0.2, 0) is 24.3 Å². The summed E-state index contributed by atoms with van der Waals surface area (Å²) in [5.74, 6) is 1.97. The van der Waals surface area contributed by atoms with Crippen molar-refractivity contribution in [3.8, 4) is 0 Å². The number of rotatable bonds is 4. The van der Waals surface area contributed by atoms with Gasteiger partial charge in [-0.25, -0.2) is 15.0 Å². The van der Waals surface area contributed by atoms with E-state index >= 15 is 0 Å². The maximum absolute atomic E-state index is 12.8. The largest absolute Gasteiger partial charge is 0.354 e. The van der Waals surface area contributed by atoms with Crippen LogP contribution in [0.3, 0.4) is 0 Å². The van der Waals surface area contributed by atoms with Crippen LogP contribution in [0, 0.1) is 5.92 Å². The first kappa shape index (κ1) is 19.3. The molecule has 0 aliphatic carbocycles. The number of anilines is 1. The van der Waals surface area contributed by atoms with Crippen molar-refractivity contribution in [2.24, 2.45) is 5.92 Å². The van der Waals surface area contributed by atoms with Crippen molar-refractivity contribution in [3.63, 3.8) is 0 Å². The topological polar surface area (TPSA) is 75.9 Å². The molecule has 1 N–H and O–H groups in total. The Balaban J connectivity index is 1.32. The fourth-order valence-corrected chi connectivity index (χ4v) is 4.76. The Hall–Kier alpha value is -2.67. The van der Waals surface area contributed by atoms with Gasteiger partial charge in [-0.2, -0.15) is 0 Å². The third-order valence-corrected chi connectivity index (χ3v) is 6.31. The number of benzene rings is 1. The summed E-state index contributed by atoms with van der Waals surface area (Å²) in [5.41, 5.74) is 2.79. The first-order valence-corrected chi connectivity index (χ1v) is 11.0. The molecule has 2 aromatic heterocycles. The number of nitrogens with zero attached hydrogens (tertiary/aromatic N) is 5. The summed E-state index contributed by atoms with van der Waals surface area (Å²) in [6.45, 7) is 2.99. The molecule has 7 nitrogen and oxygen atoms in total. The van der Waals surface area contributed by atoms with E-state index in [1.165, 1.54) is 6.42 Å². The second-order valence-corrected chi connectivity index (χ2v) is 8.58. The molecule has 0 bridgehead atoms. The molecule has 1 saturated heterocycles. The van der Waals surface area contributed by atoms with E-state index in [9.17, 15) is 4.79 Å². The maximum atomic E-state index is 12.8. The van der Waals surface area contributed by atoms with Crippen molar-refractivity contribution in [2.45, 2.75) is 45.2 Å². The van der Waals surface area contributed by atoms with E-state index in [-0.39, 0.29) is 11.8 Å². The monoisotopic (exact) mass is 424 g/mol. The molecule has 0 radical (unpaired) electrons. The summed E-state index contributed by atoms with van der Waals surface area (Å²) in [6, 6.07) is 7.59. The molecule has 1 unspecified atom stereocenters. The molecule has 8 heteroatoms. The number of hydrogen-bond donors (Lipinski definition) is 1. The highest BCUT2D eigenvalue weighted by molar-refractivity contribution is 6.30. The highest BCUT2D eigenvalue weighted by Gasteiger charge is 2.29. The van der Waals surface area contributed by atoms with Gasteiger partial charge in [0.05, 0.1) is 5.92 Å². The summed E-state index contributed by atoms with van der Waals surface area (Å²) in [4.78, 5) is 29.0. The molecule has 3 aromatic rings. The number of piperidine rings is 1. The van der Waals surface area contributed by atoms with Crippen LogP contribution in [0.25, 0.3) is 11.2 Å². The number of imidazole rings is 1. The predicted octanol–water partition coefficient (Wildman–Crippen LogP) is 3.35. The molecule has 30 heavy (non-hydrogen) atoms. The number of carbonyl (C=O) groups is 1. The van der Waals surface area contributed by atoms with Crippen LogP contribution in [0.2, 0.25) is 5.02 Å². The summed E-state index contributed by atoms with van der Waals surface area (Å²) >= 11 is 6.04. The van der Waals surface area contributed by atoms with Crippen LogP contribution in [0.5, 0.6) is 0 Å². The number of aryl methyl sites for hydroxylation is 2. The standard InChI is InChI=1S/C22H25ClN6O/c23-17-7-3-5-15(11-17)12-24-22(30)16-6-4-9-28(13-16)20-19-21(26-14-25-20)29-10-2-1-8-18(29)27-19/h3,5,7,11,14,16H,1-2,4,6,8-10,12-13H2,(H,24,30). The van der Waals surface area contributed by atoms with E-state index < -0.39 is 0 Å². The van der Waals surface area contributed by atoms with Gasteiger partial charge in [-0.3, -0.25) is 4.79 Å². The normalized spacial score (nSPS) is 19.0. The van der Waals surface area contributed by atoms with Crippen molar-refractivity contribution < 1.29 is 4.79 Å². The zero-order valence-electron chi connectivity index (χ0n) is 16.9. The molecule has 1 atom stereocenters. The lowest BCUT2D eigenvalue weighted by Gasteiger charge is -2.32. The summed E-state index contributed by atoms with van der Waals surface area (Å²) < 4.78 is 2.23. The van der Waals surface area contributed by atoms with Gasteiger partial charge >= 0.3 is 0 Å². The molecule has 1 aromatic carbocycles. The molecule has 0 spiro atoms. The molecule has 5 rings (SSSR count). The van der Waals surface area contributed by atoms with E-state index in [1.54, 1.807) is 6.33 Å². The first-order chi connectivity index (χ1) is 14.7. The maximum Gasteiger partial charge on any atom is 0.225 e. The van der Waals surface area contributed by atoms with Crippen LogP contribution in [0.1, 0.15) is 37.1 Å². The smallest absolute Gasteiger partial charge is 0.225 e. The third kappa shape index (κ3) is 3.74. The van der Waals surface area contributed by atoms with Gasteiger partial charge in [0, 0.05) is 37.6 Å². The van der Waals surface area contributed by atoms with Crippen molar-refractivity contribution in [3.05, 3.63) is 47.0 Å². The SMILES string of the molecule is O=C(NCc1cccc(Cl)c1)C1CCCN(c2ncnc3c2nc2n3CCCC2)C1. The van der Waals surface area contributed by atoms with Gasteiger partial charge in [0.2, 0.25) is 5.91 Å². The number of carbonyl (C=O) groups excluding carboxylic acids is 1. The van der Waals surface area contributed by atoms with Crippen LogP contribution >= 0.6 is 11.6 Å². The molecule has 156 valence electrons. The minimum absolute atomic E-state index is 0.0693. The van der Waals surface area contributed by atoms with Gasteiger partial charge in [0.15, 0.2) is 17.0 Å². The Morgan fingerprint density at radius 3 is 3.03 bits per heavy atom. The van der Waals surface area contributed by atoms with Crippen LogP contribution in [0.15, 0.2) is 30.6 Å². The van der Waals surface area contributed by atoms with Crippen molar-refractivity contribution in [1.29, 1.82) is 0 Å². The van der Waals surface area contributed by atoms with Gasteiger partial charge in [-0.05, 0) is 43.4 Å².